The van der Waals surface area contributed by atoms with Gasteiger partial charge in [0.2, 0.25) is 0 Å². The van der Waals surface area contributed by atoms with Crippen molar-refractivity contribution in [1.82, 2.24) is 10.2 Å². The number of carbonyl (C=O) groups excluding carboxylic acids is 1. The molecule has 0 aliphatic carbocycles. The van der Waals surface area contributed by atoms with E-state index in [9.17, 15) is 9.18 Å². The van der Waals surface area contributed by atoms with Gasteiger partial charge in [-0.15, -0.1) is 12.4 Å². The molecule has 1 aliphatic heterocycles. The van der Waals surface area contributed by atoms with Crippen molar-refractivity contribution in [3.05, 3.63) is 33.6 Å². The molecule has 2 rings (SSSR count). The molecule has 1 atom stereocenters. The van der Waals surface area contributed by atoms with E-state index in [1.165, 1.54) is 6.07 Å². The normalized spacial score (nSPS) is 18.6. The summed E-state index contributed by atoms with van der Waals surface area (Å²) in [5, 5.41) is 3.26. The number of carbonyl (C=O) groups is 1. The highest BCUT2D eigenvalue weighted by Crippen LogP contribution is 2.26. The van der Waals surface area contributed by atoms with Gasteiger partial charge in [0.1, 0.15) is 5.82 Å². The third-order valence-electron chi connectivity index (χ3n) is 3.36. The molecule has 1 aromatic carbocycles. The van der Waals surface area contributed by atoms with Crippen LogP contribution in [0.4, 0.5) is 4.39 Å². The summed E-state index contributed by atoms with van der Waals surface area (Å²) in [6.45, 7) is 1.27. The Morgan fingerprint density at radius 1 is 1.40 bits per heavy atom. The van der Waals surface area contributed by atoms with Crippen LogP contribution in [0.3, 0.4) is 0 Å². The zero-order chi connectivity index (χ0) is 14.0. The van der Waals surface area contributed by atoms with Gasteiger partial charge in [-0.1, -0.05) is 23.2 Å². The third kappa shape index (κ3) is 3.76. The molecule has 1 aromatic rings. The molecule has 0 saturated carbocycles. The molecule has 0 aromatic heterocycles. The van der Waals surface area contributed by atoms with Crippen LogP contribution in [0.25, 0.3) is 0 Å². The van der Waals surface area contributed by atoms with Crippen LogP contribution >= 0.6 is 35.6 Å². The summed E-state index contributed by atoms with van der Waals surface area (Å²) in [5.41, 5.74) is 0.167. The van der Waals surface area contributed by atoms with Crippen LogP contribution in [0.2, 0.25) is 10.0 Å². The number of hydrogen-bond acceptors (Lipinski definition) is 2. The molecule has 0 bridgehead atoms. The van der Waals surface area contributed by atoms with E-state index >= 15 is 0 Å². The monoisotopic (exact) mass is 340 g/mol. The highest BCUT2D eigenvalue weighted by atomic mass is 35.5. The van der Waals surface area contributed by atoms with Gasteiger partial charge in [0.25, 0.3) is 5.91 Å². The molecule has 0 spiro atoms. The second-order valence-electron chi connectivity index (χ2n) is 4.63. The maximum atomic E-state index is 13.5. The molecule has 1 heterocycles. The predicted molar refractivity (Wildman–Crippen MR) is 81.7 cm³/mol. The molecular weight excluding hydrogens is 326 g/mol. The van der Waals surface area contributed by atoms with E-state index in [1.807, 2.05) is 7.05 Å². The summed E-state index contributed by atoms with van der Waals surface area (Å²) in [6, 6.07) is 2.65. The lowest BCUT2D eigenvalue weighted by molar-refractivity contribution is 0.0698. The van der Waals surface area contributed by atoms with E-state index in [0.717, 1.165) is 18.9 Å². The molecule has 1 unspecified atom stereocenters. The smallest absolute Gasteiger partial charge is 0.255 e. The van der Waals surface area contributed by atoms with Crippen molar-refractivity contribution in [1.29, 1.82) is 0 Å². The summed E-state index contributed by atoms with van der Waals surface area (Å²) >= 11 is 11.6. The van der Waals surface area contributed by atoms with Crippen molar-refractivity contribution in [2.45, 2.75) is 18.9 Å². The highest BCUT2D eigenvalue weighted by Gasteiger charge is 2.25. The van der Waals surface area contributed by atoms with E-state index in [4.69, 9.17) is 23.2 Å². The second-order valence-corrected chi connectivity index (χ2v) is 5.44. The lowest BCUT2D eigenvalue weighted by atomic mass is 10.0. The first-order valence-corrected chi connectivity index (χ1v) is 6.89. The SMILES string of the molecule is CNC1CCCN(C(=O)c2cc(F)c(Cl)cc2Cl)C1.Cl. The molecule has 3 nitrogen and oxygen atoms in total. The molecule has 1 N–H and O–H groups in total. The maximum Gasteiger partial charge on any atom is 0.255 e. The molecule has 1 fully saturated rings. The van der Waals surface area contributed by atoms with Crippen molar-refractivity contribution in [3.8, 4) is 0 Å². The summed E-state index contributed by atoms with van der Waals surface area (Å²) < 4.78 is 13.5. The quantitative estimate of drug-likeness (QED) is 0.836. The van der Waals surface area contributed by atoms with Crippen LogP contribution in [0.1, 0.15) is 23.2 Å². The molecule has 7 heteroatoms. The van der Waals surface area contributed by atoms with Crippen molar-refractivity contribution in [3.63, 3.8) is 0 Å². The van der Waals surface area contributed by atoms with E-state index in [-0.39, 0.29) is 40.0 Å². The van der Waals surface area contributed by atoms with Crippen LogP contribution < -0.4 is 5.32 Å². The average Bonchev–Trinajstić information content (AvgIpc) is 2.42. The van der Waals surface area contributed by atoms with Crippen LogP contribution in [0, 0.1) is 5.82 Å². The Kier molecular flexibility index (Phi) is 6.52. The first-order valence-electron chi connectivity index (χ1n) is 6.14. The Morgan fingerprint density at radius 3 is 2.75 bits per heavy atom. The van der Waals surface area contributed by atoms with E-state index in [0.29, 0.717) is 13.1 Å². The number of halogens is 4. The fourth-order valence-corrected chi connectivity index (χ4v) is 2.72. The summed E-state index contributed by atoms with van der Waals surface area (Å²) in [7, 11) is 1.87. The Labute approximate surface area is 133 Å². The number of hydrogen-bond donors (Lipinski definition) is 1. The van der Waals surface area contributed by atoms with E-state index < -0.39 is 5.82 Å². The number of nitrogens with zero attached hydrogens (tertiary/aromatic N) is 1. The van der Waals surface area contributed by atoms with Gasteiger partial charge in [0.05, 0.1) is 15.6 Å². The van der Waals surface area contributed by atoms with Gasteiger partial charge in [-0.3, -0.25) is 4.79 Å². The van der Waals surface area contributed by atoms with Crippen molar-refractivity contribution < 1.29 is 9.18 Å². The van der Waals surface area contributed by atoms with Crippen molar-refractivity contribution in [2.75, 3.05) is 20.1 Å². The van der Waals surface area contributed by atoms with E-state index in [2.05, 4.69) is 5.32 Å². The van der Waals surface area contributed by atoms with Crippen LogP contribution in [0.5, 0.6) is 0 Å². The Balaban J connectivity index is 0.00000200. The van der Waals surface area contributed by atoms with Crippen molar-refractivity contribution >= 4 is 41.5 Å². The largest absolute Gasteiger partial charge is 0.337 e. The topological polar surface area (TPSA) is 32.3 Å². The van der Waals surface area contributed by atoms with Crippen LogP contribution in [-0.2, 0) is 0 Å². The van der Waals surface area contributed by atoms with Crippen LogP contribution in [-0.4, -0.2) is 37.0 Å². The fraction of sp³-hybridized carbons (Fsp3) is 0.462. The Morgan fingerprint density at radius 2 is 2.10 bits per heavy atom. The maximum absolute atomic E-state index is 13.5. The molecule has 1 amide bonds. The summed E-state index contributed by atoms with van der Waals surface area (Å²) in [5.74, 6) is -0.878. The zero-order valence-electron chi connectivity index (χ0n) is 11.0. The zero-order valence-corrected chi connectivity index (χ0v) is 13.3. The third-order valence-corrected chi connectivity index (χ3v) is 3.96. The Hall–Kier alpha value is -0.550. The number of piperidine rings is 1. The predicted octanol–water partition coefficient (Wildman–Crippen LogP) is 3.38. The lowest BCUT2D eigenvalue weighted by Crippen LogP contribution is -2.47. The summed E-state index contributed by atoms with van der Waals surface area (Å²) in [4.78, 5) is 14.0. The molecule has 20 heavy (non-hydrogen) atoms. The number of rotatable bonds is 2. The number of likely N-dealkylation sites (N-methyl/N-ethyl adjacent to an activating group) is 1. The number of benzene rings is 1. The van der Waals surface area contributed by atoms with Gasteiger partial charge in [0, 0.05) is 19.1 Å². The van der Waals surface area contributed by atoms with Crippen molar-refractivity contribution in [2.24, 2.45) is 0 Å². The first kappa shape index (κ1) is 17.5. The number of nitrogens with one attached hydrogen (secondary N) is 1. The molecule has 0 radical (unpaired) electrons. The van der Waals surface area contributed by atoms with E-state index in [1.54, 1.807) is 4.90 Å². The lowest BCUT2D eigenvalue weighted by Gasteiger charge is -2.32. The van der Waals surface area contributed by atoms with Gasteiger partial charge in [-0.25, -0.2) is 4.39 Å². The standard InChI is InChI=1S/C13H15Cl2FN2O.ClH/c1-17-8-3-2-4-18(7-8)13(19)9-5-12(16)11(15)6-10(9)14;/h5-6,8,17H,2-4,7H2,1H3;1H. The minimum atomic E-state index is -0.628. The van der Waals surface area contributed by atoms with Gasteiger partial charge in [0.15, 0.2) is 0 Å². The van der Waals surface area contributed by atoms with Gasteiger partial charge < -0.3 is 10.2 Å². The summed E-state index contributed by atoms with van der Waals surface area (Å²) in [6.07, 6.45) is 1.95. The minimum Gasteiger partial charge on any atom is -0.337 e. The van der Waals surface area contributed by atoms with Gasteiger partial charge >= 0.3 is 0 Å². The fourth-order valence-electron chi connectivity index (χ4n) is 2.25. The Bertz CT molecular complexity index is 499. The average molecular weight is 342 g/mol. The number of likely N-dealkylation sites (tertiary alicyclic amines) is 1. The van der Waals surface area contributed by atoms with Gasteiger partial charge in [-0.2, -0.15) is 0 Å². The highest BCUT2D eigenvalue weighted by molar-refractivity contribution is 6.36. The van der Waals surface area contributed by atoms with Gasteiger partial charge in [-0.05, 0) is 32.0 Å². The molecule has 112 valence electrons. The molecule has 1 aliphatic rings. The molecular formula is C13H16Cl3FN2O. The molecule has 1 saturated heterocycles. The number of amides is 1. The minimum absolute atomic E-state index is 0. The second kappa shape index (κ2) is 7.46. The first-order chi connectivity index (χ1) is 9.02. The van der Waals surface area contributed by atoms with Crippen LogP contribution in [0.15, 0.2) is 12.1 Å².